The fraction of sp³-hybridized carbons (Fsp3) is 0.283. The van der Waals surface area contributed by atoms with Crippen molar-refractivity contribution in [3.63, 3.8) is 0 Å². The van der Waals surface area contributed by atoms with Crippen LogP contribution < -0.4 is 31.9 Å². The number of nitrogens with one attached hydrogen (secondary N) is 6. The molecule has 0 aliphatic rings. The van der Waals surface area contributed by atoms with E-state index in [-0.39, 0.29) is 17.4 Å². The number of hydrogen-bond acceptors (Lipinski definition) is 14. The van der Waals surface area contributed by atoms with Crippen LogP contribution in [0.2, 0.25) is 0 Å². The van der Waals surface area contributed by atoms with Crippen LogP contribution in [0.5, 0.6) is 0 Å². The van der Waals surface area contributed by atoms with Gasteiger partial charge in [0.25, 0.3) is 17.7 Å². The van der Waals surface area contributed by atoms with Crippen LogP contribution >= 0.6 is 0 Å². The van der Waals surface area contributed by atoms with Gasteiger partial charge >= 0.3 is 0 Å². The molecule has 2 amide bonds. The molecule has 2 aromatic carbocycles. The predicted octanol–water partition coefficient (Wildman–Crippen LogP) is 10.6. The molecule has 0 aliphatic carbocycles. The highest BCUT2D eigenvalue weighted by molar-refractivity contribution is 6.06. The smallest absolute Gasteiger partial charge is 0.270 e. The second-order valence-electron chi connectivity index (χ2n) is 17.9. The number of aromatic nitrogens is 9. The van der Waals surface area contributed by atoms with Gasteiger partial charge in [0, 0.05) is 90.9 Å². The molecule has 0 saturated carbocycles. The maximum absolute atomic E-state index is 13.7. The van der Waals surface area contributed by atoms with Crippen molar-refractivity contribution in [3.8, 4) is 17.7 Å². The number of alkyl halides is 2. The highest BCUT2D eigenvalue weighted by atomic mass is 19.3. The van der Waals surface area contributed by atoms with Crippen molar-refractivity contribution in [3.05, 3.63) is 155 Å². The first-order valence-corrected chi connectivity index (χ1v) is 23.4. The quantitative estimate of drug-likeness (QED) is 0.0368. The molecule has 0 radical (unpaired) electrons. The number of amides is 2. The molecule has 0 saturated heterocycles. The SMILES string of the molecule is CC/C(=C\C(=C/C(C)C)C(=O)Nc1ccnc(C(C)(C)C#N)c1)Nc1cc(C)nn1-c1cc(NC)ncn1.CNc1cc(-n2nc(C)cc2Nc2cc(C(=O)Nc3cccc(C(C)(F)F)c3)ccc2C)ncn1. The molecule has 0 fully saturated rings. The molecule has 73 heavy (non-hydrogen) atoms. The molecule has 7 rings (SSSR count). The highest BCUT2D eigenvalue weighted by Gasteiger charge is 2.25. The molecule has 5 aromatic heterocycles. The first-order valence-electron chi connectivity index (χ1n) is 23.4. The maximum Gasteiger partial charge on any atom is 0.270 e. The summed E-state index contributed by atoms with van der Waals surface area (Å²) < 4.78 is 30.7. The van der Waals surface area contributed by atoms with Crippen molar-refractivity contribution in [2.75, 3.05) is 46.0 Å². The fourth-order valence-electron chi connectivity index (χ4n) is 7.07. The van der Waals surface area contributed by atoms with Crippen molar-refractivity contribution in [1.29, 1.82) is 5.26 Å². The zero-order chi connectivity index (χ0) is 53.0. The van der Waals surface area contributed by atoms with Crippen molar-refractivity contribution < 1.29 is 18.4 Å². The Kier molecular flexibility index (Phi) is 17.1. The van der Waals surface area contributed by atoms with Gasteiger partial charge in [-0.15, -0.1) is 0 Å². The number of halogens is 2. The first-order chi connectivity index (χ1) is 34.7. The van der Waals surface area contributed by atoms with Crippen molar-refractivity contribution in [1.82, 2.24) is 44.5 Å². The zero-order valence-corrected chi connectivity index (χ0v) is 42.7. The summed E-state index contributed by atoms with van der Waals surface area (Å²) in [5.74, 6) is 0.357. The monoisotopic (exact) mass is 991 g/mol. The minimum Gasteiger partial charge on any atom is -0.373 e. The Morgan fingerprint density at radius 3 is 1.96 bits per heavy atom. The molecule has 0 unspecified atom stereocenters. The Labute approximate surface area is 423 Å². The number of nitrogens with zero attached hydrogens (tertiary/aromatic N) is 10. The van der Waals surface area contributed by atoms with E-state index < -0.39 is 17.2 Å². The van der Waals surface area contributed by atoms with Gasteiger partial charge in [0.1, 0.15) is 35.9 Å². The molecule has 0 aliphatic heterocycles. The third kappa shape index (κ3) is 14.2. The molecule has 378 valence electrons. The number of nitriles is 1. The molecule has 6 N–H and O–H groups in total. The number of rotatable bonds is 17. The van der Waals surface area contributed by atoms with Crippen LogP contribution in [0.4, 0.5) is 49.1 Å². The van der Waals surface area contributed by atoms with Gasteiger partial charge < -0.3 is 31.9 Å². The van der Waals surface area contributed by atoms with E-state index in [0.29, 0.717) is 69.4 Å². The predicted molar refractivity (Wildman–Crippen MR) is 282 cm³/mol. The summed E-state index contributed by atoms with van der Waals surface area (Å²) in [5.41, 5.74) is 5.43. The second kappa shape index (κ2) is 23.4. The molecule has 7 aromatic rings. The highest BCUT2D eigenvalue weighted by Crippen LogP contribution is 2.30. The van der Waals surface area contributed by atoms with Crippen LogP contribution in [-0.2, 0) is 16.1 Å². The molecule has 5 heterocycles. The van der Waals surface area contributed by atoms with E-state index in [1.54, 1.807) is 86.0 Å². The number of carbonyl (C=O) groups excluding carboxylic acids is 2. The first kappa shape index (κ1) is 53.5. The zero-order valence-electron chi connectivity index (χ0n) is 42.7. The molecular weight excluding hydrogens is 931 g/mol. The van der Waals surface area contributed by atoms with Crippen LogP contribution in [0.3, 0.4) is 0 Å². The fourth-order valence-corrected chi connectivity index (χ4v) is 7.07. The van der Waals surface area contributed by atoms with Gasteiger partial charge in [0.15, 0.2) is 11.6 Å². The lowest BCUT2D eigenvalue weighted by molar-refractivity contribution is -0.112. The molecule has 18 nitrogen and oxygen atoms in total. The second-order valence-corrected chi connectivity index (χ2v) is 17.9. The molecule has 0 bridgehead atoms. The molecule has 0 atom stereocenters. The van der Waals surface area contributed by atoms with E-state index in [1.807, 2.05) is 71.9 Å². The van der Waals surface area contributed by atoms with Gasteiger partial charge in [-0.25, -0.2) is 28.7 Å². The van der Waals surface area contributed by atoms with Gasteiger partial charge in [-0.1, -0.05) is 45.0 Å². The van der Waals surface area contributed by atoms with Gasteiger partial charge in [0.2, 0.25) is 0 Å². The Balaban J connectivity index is 0.000000239. The number of allylic oxidation sites excluding steroid dienone is 2. The number of pyridine rings is 1. The van der Waals surface area contributed by atoms with Gasteiger partial charge in [-0.2, -0.15) is 24.8 Å². The molecule has 0 spiro atoms. The van der Waals surface area contributed by atoms with Crippen molar-refractivity contribution in [2.45, 2.75) is 80.1 Å². The average molecular weight is 991 g/mol. The average Bonchev–Trinajstić information content (AvgIpc) is 3.94. The number of hydrogen-bond donors (Lipinski definition) is 6. The summed E-state index contributed by atoms with van der Waals surface area (Å²) >= 11 is 0. The lowest BCUT2D eigenvalue weighted by Gasteiger charge is -2.16. The number of carbonyl (C=O) groups is 2. The number of benzene rings is 2. The summed E-state index contributed by atoms with van der Waals surface area (Å²) in [4.78, 5) is 47.5. The van der Waals surface area contributed by atoms with Gasteiger partial charge in [-0.05, 0) is 95.0 Å². The Morgan fingerprint density at radius 1 is 0.753 bits per heavy atom. The van der Waals surface area contributed by atoms with Crippen LogP contribution in [0.15, 0.2) is 121 Å². The minimum absolute atomic E-state index is 0.143. The Hall–Kier alpha value is -8.86. The standard InChI is InChI=1S/C28H35N9O.C25H25F2N7O/c1-8-21(34-26-12-19(4)36-37(26)25-15-24(30-7)32-17-33-25)13-20(11-18(2)3)27(38)35-22-9-10-31-23(14-22)28(5,6)16-29;1-15-8-9-17(24(35)31-19-7-5-6-18(12-19)25(3,26)27)11-20(15)32-23-10-16(2)33-34(23)22-13-21(28-4)29-14-30-22/h9-15,17-18,34H,8H2,1-7H3,(H,30,32,33)(H,31,35,38);5-14,32H,1-4H3,(H,31,35)(H,28,29,30)/b20-11+,21-13+;. The summed E-state index contributed by atoms with van der Waals surface area (Å²) in [6.45, 7) is 16.1. The van der Waals surface area contributed by atoms with Crippen molar-refractivity contribution >= 4 is 52.1 Å². The van der Waals surface area contributed by atoms with Crippen LogP contribution in [0.25, 0.3) is 11.6 Å². The normalized spacial score (nSPS) is 11.8. The summed E-state index contributed by atoms with van der Waals surface area (Å²) in [7, 11) is 3.56. The largest absolute Gasteiger partial charge is 0.373 e. The van der Waals surface area contributed by atoms with E-state index >= 15 is 0 Å². The van der Waals surface area contributed by atoms with E-state index in [4.69, 9.17) is 0 Å². The number of anilines is 7. The summed E-state index contributed by atoms with van der Waals surface area (Å²) in [5, 5.41) is 37.0. The lowest BCUT2D eigenvalue weighted by Crippen LogP contribution is -2.18. The van der Waals surface area contributed by atoms with Crippen LogP contribution in [-0.4, -0.2) is 70.4 Å². The van der Waals surface area contributed by atoms with Gasteiger partial charge in [0.05, 0.1) is 28.6 Å². The van der Waals surface area contributed by atoms with Crippen molar-refractivity contribution in [2.24, 2.45) is 5.92 Å². The van der Waals surface area contributed by atoms with E-state index in [0.717, 1.165) is 35.4 Å². The summed E-state index contributed by atoms with van der Waals surface area (Å²) in [6.07, 6.45) is 8.94. The maximum atomic E-state index is 13.7. The molecule has 20 heteroatoms. The summed E-state index contributed by atoms with van der Waals surface area (Å²) in [6, 6.07) is 23.9. The third-order valence-corrected chi connectivity index (χ3v) is 11.0. The van der Waals surface area contributed by atoms with E-state index in [9.17, 15) is 23.6 Å². The van der Waals surface area contributed by atoms with E-state index in [1.165, 1.54) is 30.9 Å². The van der Waals surface area contributed by atoms with Crippen LogP contribution in [0.1, 0.15) is 86.5 Å². The Bertz CT molecular complexity index is 3200. The Morgan fingerprint density at radius 2 is 1.37 bits per heavy atom. The molecular formula is C53H60F2N16O2. The van der Waals surface area contributed by atoms with Gasteiger partial charge in [-0.3, -0.25) is 14.6 Å². The topological polar surface area (TPSA) is 230 Å². The lowest BCUT2D eigenvalue weighted by atomic mass is 9.90. The minimum atomic E-state index is -3.00. The van der Waals surface area contributed by atoms with Crippen LogP contribution in [0, 0.1) is 38.0 Å². The number of aryl methyl sites for hydroxylation is 3. The third-order valence-electron chi connectivity index (χ3n) is 11.0. The van der Waals surface area contributed by atoms with E-state index in [2.05, 4.69) is 73.1 Å².